The number of nitrogens with two attached hydrogens (primary N) is 1. The Labute approximate surface area is 86.9 Å². The average Bonchev–Trinajstić information content (AvgIpc) is 2.67. The summed E-state index contributed by atoms with van der Waals surface area (Å²) in [5.74, 6) is 1.72. The van der Waals surface area contributed by atoms with Gasteiger partial charge in [-0.25, -0.2) is 0 Å². The molecule has 2 aromatic rings. The van der Waals surface area contributed by atoms with Crippen molar-refractivity contribution in [2.24, 2.45) is 5.73 Å². The fraction of sp³-hybridized carbons (Fsp3) is 0.0909. The van der Waals surface area contributed by atoms with Crippen LogP contribution in [-0.4, -0.2) is 0 Å². The van der Waals surface area contributed by atoms with Crippen LogP contribution in [0.3, 0.4) is 0 Å². The molecule has 2 nitrogen and oxygen atoms in total. The number of thiophene rings is 1. The molecule has 0 saturated carbocycles. The summed E-state index contributed by atoms with van der Waals surface area (Å²) in [5, 5.41) is 1.97. The Morgan fingerprint density at radius 2 is 1.93 bits per heavy atom. The highest BCUT2D eigenvalue weighted by atomic mass is 32.1. The molecule has 0 amide bonds. The maximum absolute atomic E-state index is 5.62. The van der Waals surface area contributed by atoms with Crippen LogP contribution in [0.25, 0.3) is 0 Å². The van der Waals surface area contributed by atoms with E-state index in [1.807, 2.05) is 41.8 Å². The molecular formula is C11H11NOS. The fourth-order valence-corrected chi connectivity index (χ4v) is 1.81. The van der Waals surface area contributed by atoms with Crippen LogP contribution in [0.15, 0.2) is 41.8 Å². The number of benzene rings is 1. The third kappa shape index (κ3) is 2.13. The fourth-order valence-electron chi connectivity index (χ4n) is 1.15. The molecule has 0 atom stereocenters. The number of hydrogen-bond donors (Lipinski definition) is 1. The van der Waals surface area contributed by atoms with Gasteiger partial charge in [-0.1, -0.05) is 18.2 Å². The second kappa shape index (κ2) is 4.26. The minimum atomic E-state index is 0.572. The summed E-state index contributed by atoms with van der Waals surface area (Å²) in [6.07, 6.45) is 0. The summed E-state index contributed by atoms with van der Waals surface area (Å²) in [6, 6.07) is 11.7. The molecule has 0 unspecified atom stereocenters. The van der Waals surface area contributed by atoms with Crippen molar-refractivity contribution in [1.29, 1.82) is 0 Å². The Morgan fingerprint density at radius 1 is 1.14 bits per heavy atom. The SMILES string of the molecule is NCc1cc(Oc2ccccc2)cs1. The summed E-state index contributed by atoms with van der Waals surface area (Å²) >= 11 is 1.62. The minimum absolute atomic E-state index is 0.572. The van der Waals surface area contributed by atoms with Crippen LogP contribution in [0.5, 0.6) is 11.5 Å². The Balaban J connectivity index is 2.11. The van der Waals surface area contributed by atoms with Crippen LogP contribution in [0.1, 0.15) is 4.88 Å². The lowest BCUT2D eigenvalue weighted by molar-refractivity contribution is 0.484. The highest BCUT2D eigenvalue weighted by molar-refractivity contribution is 7.10. The van der Waals surface area contributed by atoms with Gasteiger partial charge >= 0.3 is 0 Å². The van der Waals surface area contributed by atoms with E-state index in [0.717, 1.165) is 16.4 Å². The monoisotopic (exact) mass is 205 g/mol. The molecule has 72 valence electrons. The molecule has 3 heteroatoms. The maximum atomic E-state index is 5.62. The van der Waals surface area contributed by atoms with Crippen molar-refractivity contribution >= 4 is 11.3 Å². The highest BCUT2D eigenvalue weighted by Crippen LogP contribution is 2.26. The van der Waals surface area contributed by atoms with E-state index in [-0.39, 0.29) is 0 Å². The van der Waals surface area contributed by atoms with Gasteiger partial charge in [-0.3, -0.25) is 0 Å². The molecule has 2 rings (SSSR count). The summed E-state index contributed by atoms with van der Waals surface area (Å²) in [6.45, 7) is 0.572. The molecule has 0 bridgehead atoms. The Morgan fingerprint density at radius 3 is 2.57 bits per heavy atom. The van der Waals surface area contributed by atoms with Crippen LogP contribution in [0.2, 0.25) is 0 Å². The highest BCUT2D eigenvalue weighted by Gasteiger charge is 1.99. The lowest BCUT2D eigenvalue weighted by Gasteiger charge is -2.01. The van der Waals surface area contributed by atoms with Gasteiger partial charge in [0.15, 0.2) is 0 Å². The van der Waals surface area contributed by atoms with Gasteiger partial charge in [0.05, 0.1) is 0 Å². The van der Waals surface area contributed by atoms with E-state index < -0.39 is 0 Å². The van der Waals surface area contributed by atoms with Crippen molar-refractivity contribution in [1.82, 2.24) is 0 Å². The summed E-state index contributed by atoms with van der Waals surface area (Å²) in [7, 11) is 0. The van der Waals surface area contributed by atoms with E-state index in [0.29, 0.717) is 6.54 Å². The molecule has 1 aromatic heterocycles. The van der Waals surface area contributed by atoms with Crippen LogP contribution >= 0.6 is 11.3 Å². The minimum Gasteiger partial charge on any atom is -0.456 e. The van der Waals surface area contributed by atoms with Crippen molar-refractivity contribution < 1.29 is 4.74 Å². The molecule has 1 aromatic carbocycles. The molecule has 1 heterocycles. The van der Waals surface area contributed by atoms with E-state index in [9.17, 15) is 0 Å². The molecule has 0 fully saturated rings. The van der Waals surface area contributed by atoms with Crippen LogP contribution < -0.4 is 10.5 Å². The van der Waals surface area contributed by atoms with Crippen molar-refractivity contribution in [2.45, 2.75) is 6.54 Å². The van der Waals surface area contributed by atoms with Crippen molar-refractivity contribution in [3.8, 4) is 11.5 Å². The molecule has 14 heavy (non-hydrogen) atoms. The first-order valence-electron chi connectivity index (χ1n) is 4.39. The van der Waals surface area contributed by atoms with Crippen LogP contribution in [0.4, 0.5) is 0 Å². The largest absolute Gasteiger partial charge is 0.456 e. The van der Waals surface area contributed by atoms with Gasteiger partial charge in [-0.15, -0.1) is 11.3 Å². The zero-order valence-electron chi connectivity index (χ0n) is 7.64. The molecule has 0 radical (unpaired) electrons. The van der Waals surface area contributed by atoms with Crippen LogP contribution in [-0.2, 0) is 6.54 Å². The number of rotatable bonds is 3. The van der Waals surface area contributed by atoms with Gasteiger partial charge in [0.2, 0.25) is 0 Å². The van der Waals surface area contributed by atoms with Crippen molar-refractivity contribution in [3.05, 3.63) is 46.7 Å². The predicted molar refractivity (Wildman–Crippen MR) is 58.7 cm³/mol. The van der Waals surface area contributed by atoms with E-state index in [1.165, 1.54) is 0 Å². The molecule has 0 aliphatic carbocycles. The van der Waals surface area contributed by atoms with Gasteiger partial charge in [0.1, 0.15) is 11.5 Å². The second-order valence-electron chi connectivity index (χ2n) is 2.87. The topological polar surface area (TPSA) is 35.2 Å². The Kier molecular flexibility index (Phi) is 2.81. The molecule has 0 aliphatic rings. The molecule has 2 N–H and O–H groups in total. The Bertz CT molecular complexity index is 397. The maximum Gasteiger partial charge on any atom is 0.138 e. The zero-order valence-corrected chi connectivity index (χ0v) is 8.46. The third-order valence-electron chi connectivity index (χ3n) is 1.81. The van der Waals surface area contributed by atoms with Gasteiger partial charge in [0.25, 0.3) is 0 Å². The first kappa shape index (κ1) is 9.24. The summed E-state index contributed by atoms with van der Waals surface area (Å²) in [4.78, 5) is 1.14. The normalized spacial score (nSPS) is 10.1. The third-order valence-corrected chi connectivity index (χ3v) is 2.75. The van der Waals surface area contributed by atoms with E-state index in [2.05, 4.69) is 0 Å². The lowest BCUT2D eigenvalue weighted by atomic mass is 10.3. The quantitative estimate of drug-likeness (QED) is 0.836. The smallest absolute Gasteiger partial charge is 0.138 e. The summed E-state index contributed by atoms with van der Waals surface area (Å²) < 4.78 is 5.62. The number of ether oxygens (including phenoxy) is 1. The predicted octanol–water partition coefficient (Wildman–Crippen LogP) is 3.00. The zero-order chi connectivity index (χ0) is 9.80. The van der Waals surface area contributed by atoms with Crippen molar-refractivity contribution in [3.63, 3.8) is 0 Å². The number of hydrogen-bond acceptors (Lipinski definition) is 3. The van der Waals surface area contributed by atoms with Gasteiger partial charge in [0, 0.05) is 16.8 Å². The van der Waals surface area contributed by atoms with Gasteiger partial charge < -0.3 is 10.5 Å². The first-order chi connectivity index (χ1) is 6.88. The second-order valence-corrected chi connectivity index (χ2v) is 3.86. The van der Waals surface area contributed by atoms with Gasteiger partial charge in [-0.2, -0.15) is 0 Å². The number of para-hydroxylation sites is 1. The van der Waals surface area contributed by atoms with E-state index >= 15 is 0 Å². The first-order valence-corrected chi connectivity index (χ1v) is 5.27. The van der Waals surface area contributed by atoms with Crippen molar-refractivity contribution in [2.75, 3.05) is 0 Å². The molecule has 0 saturated heterocycles. The summed E-state index contributed by atoms with van der Waals surface area (Å²) in [5.41, 5.74) is 5.51. The van der Waals surface area contributed by atoms with E-state index in [1.54, 1.807) is 11.3 Å². The lowest BCUT2D eigenvalue weighted by Crippen LogP contribution is -1.91. The average molecular weight is 205 g/mol. The van der Waals surface area contributed by atoms with E-state index in [4.69, 9.17) is 10.5 Å². The Hall–Kier alpha value is -1.32. The van der Waals surface area contributed by atoms with Gasteiger partial charge in [-0.05, 0) is 18.2 Å². The molecular weight excluding hydrogens is 194 g/mol. The standard InChI is InChI=1S/C11H11NOS/c12-7-11-6-10(8-14-11)13-9-4-2-1-3-5-9/h1-6,8H,7,12H2. The molecule has 0 spiro atoms. The van der Waals surface area contributed by atoms with Crippen LogP contribution in [0, 0.1) is 0 Å². The molecule has 0 aliphatic heterocycles.